The topological polar surface area (TPSA) is 54.0 Å². The van der Waals surface area contributed by atoms with Gasteiger partial charge in [-0.15, -0.1) is 0 Å². The molecule has 33 heavy (non-hydrogen) atoms. The number of hydrogen-bond acceptors (Lipinski definition) is 3. The minimum absolute atomic E-state index is 0.134. The summed E-state index contributed by atoms with van der Waals surface area (Å²) in [5.41, 5.74) is 7.84. The number of nitrogens with one attached hydrogen (secondary N) is 2. The molecule has 1 aromatic heterocycles. The zero-order valence-electron chi connectivity index (χ0n) is 18.7. The van der Waals surface area contributed by atoms with Crippen LogP contribution in [0.25, 0.3) is 11.3 Å². The Morgan fingerprint density at radius 3 is 2.36 bits per heavy atom. The number of amides is 1. The first kappa shape index (κ1) is 22.2. The van der Waals surface area contributed by atoms with Gasteiger partial charge in [-0.05, 0) is 72.5 Å². The van der Waals surface area contributed by atoms with Gasteiger partial charge in [0.1, 0.15) is 5.82 Å². The maximum atomic E-state index is 13.0. The largest absolute Gasteiger partial charge is 0.381 e. The van der Waals surface area contributed by atoms with Crippen LogP contribution in [0.1, 0.15) is 22.3 Å². The molecule has 0 radical (unpaired) electrons. The van der Waals surface area contributed by atoms with Crippen LogP contribution in [0.5, 0.6) is 0 Å². The number of pyridine rings is 1. The number of aryl methyl sites for hydroxylation is 2. The number of aromatic nitrogens is 1. The van der Waals surface area contributed by atoms with E-state index in [1.165, 1.54) is 17.7 Å². The van der Waals surface area contributed by atoms with Crippen LogP contribution in [0.3, 0.4) is 0 Å². The molecular weight excluding hydrogens is 413 g/mol. The minimum atomic E-state index is -0.309. The average Bonchev–Trinajstić information content (AvgIpc) is 2.82. The van der Waals surface area contributed by atoms with Gasteiger partial charge >= 0.3 is 0 Å². The van der Waals surface area contributed by atoms with Gasteiger partial charge in [0.15, 0.2) is 0 Å². The van der Waals surface area contributed by atoms with E-state index in [0.717, 1.165) is 39.3 Å². The van der Waals surface area contributed by atoms with Crippen LogP contribution < -0.4 is 10.6 Å². The summed E-state index contributed by atoms with van der Waals surface area (Å²) < 4.78 is 13.0. The number of benzene rings is 3. The van der Waals surface area contributed by atoms with Crippen molar-refractivity contribution in [2.75, 3.05) is 10.6 Å². The van der Waals surface area contributed by atoms with Crippen LogP contribution in [0.15, 0.2) is 85.1 Å². The van der Waals surface area contributed by atoms with Gasteiger partial charge in [-0.25, -0.2) is 4.39 Å². The maximum absolute atomic E-state index is 13.0. The van der Waals surface area contributed by atoms with Crippen LogP contribution >= 0.6 is 0 Å². The van der Waals surface area contributed by atoms with E-state index < -0.39 is 0 Å². The molecule has 0 fully saturated rings. The van der Waals surface area contributed by atoms with Gasteiger partial charge in [-0.2, -0.15) is 0 Å². The Kier molecular flexibility index (Phi) is 6.79. The molecule has 0 unspecified atom stereocenters. The van der Waals surface area contributed by atoms with Gasteiger partial charge in [0.05, 0.1) is 12.1 Å². The van der Waals surface area contributed by atoms with Gasteiger partial charge in [0.2, 0.25) is 5.91 Å². The van der Waals surface area contributed by atoms with Gasteiger partial charge in [-0.3, -0.25) is 9.78 Å². The lowest BCUT2D eigenvalue weighted by molar-refractivity contribution is -0.115. The lowest BCUT2D eigenvalue weighted by Crippen LogP contribution is -2.15. The van der Waals surface area contributed by atoms with Crippen LogP contribution in [-0.2, 0) is 17.8 Å². The first-order valence-corrected chi connectivity index (χ1v) is 10.9. The number of carbonyl (C=O) groups is 1. The molecule has 2 N–H and O–H groups in total. The van der Waals surface area contributed by atoms with Crippen molar-refractivity contribution in [2.24, 2.45) is 0 Å². The van der Waals surface area contributed by atoms with Crippen molar-refractivity contribution in [3.05, 3.63) is 113 Å². The molecule has 0 aliphatic rings. The van der Waals surface area contributed by atoms with Crippen LogP contribution in [0.4, 0.5) is 15.8 Å². The second-order valence-electron chi connectivity index (χ2n) is 8.10. The summed E-state index contributed by atoms with van der Waals surface area (Å²) in [5, 5.41) is 6.37. The van der Waals surface area contributed by atoms with Gasteiger partial charge < -0.3 is 10.6 Å². The molecule has 0 saturated carbocycles. The summed E-state index contributed by atoms with van der Waals surface area (Å²) in [6.07, 6.45) is 2.12. The maximum Gasteiger partial charge on any atom is 0.228 e. The number of halogens is 1. The first-order chi connectivity index (χ1) is 16.0. The fourth-order valence-corrected chi connectivity index (χ4v) is 3.63. The minimum Gasteiger partial charge on any atom is -0.381 e. The van der Waals surface area contributed by atoms with E-state index in [9.17, 15) is 9.18 Å². The van der Waals surface area contributed by atoms with E-state index in [1.807, 2.05) is 49.5 Å². The van der Waals surface area contributed by atoms with Crippen LogP contribution in [-0.4, -0.2) is 10.9 Å². The third-order valence-corrected chi connectivity index (χ3v) is 5.55. The first-order valence-electron chi connectivity index (χ1n) is 10.9. The highest BCUT2D eigenvalue weighted by atomic mass is 19.1. The van der Waals surface area contributed by atoms with E-state index in [2.05, 4.69) is 40.7 Å². The van der Waals surface area contributed by atoms with Gasteiger partial charge in [-0.1, -0.05) is 42.5 Å². The average molecular weight is 440 g/mol. The zero-order valence-corrected chi connectivity index (χ0v) is 18.7. The van der Waals surface area contributed by atoms with E-state index in [1.54, 1.807) is 12.1 Å². The highest BCUT2D eigenvalue weighted by Crippen LogP contribution is 2.23. The standard InChI is InChI=1S/C28H26FN3O/c1-19-15-27(22-6-4-3-5-7-22)31-18-23(19)17-30-25-12-13-26(20(2)14-25)32-28(33)16-21-8-10-24(29)11-9-21/h3-15,18,30H,16-17H2,1-2H3,(H,32,33). The Morgan fingerprint density at radius 2 is 1.67 bits per heavy atom. The lowest BCUT2D eigenvalue weighted by Gasteiger charge is -2.13. The Labute approximate surface area is 193 Å². The molecule has 0 bridgehead atoms. The second kappa shape index (κ2) is 10.1. The van der Waals surface area contributed by atoms with Crippen molar-refractivity contribution in [3.63, 3.8) is 0 Å². The van der Waals surface area contributed by atoms with Gasteiger partial charge in [0.25, 0.3) is 0 Å². The normalized spacial score (nSPS) is 10.6. The van der Waals surface area contributed by atoms with Crippen LogP contribution in [0, 0.1) is 19.7 Å². The predicted octanol–water partition coefficient (Wildman–Crippen LogP) is 6.30. The summed E-state index contributed by atoms with van der Waals surface area (Å²) >= 11 is 0. The fraction of sp³-hybridized carbons (Fsp3) is 0.143. The fourth-order valence-electron chi connectivity index (χ4n) is 3.63. The molecule has 4 nitrogen and oxygen atoms in total. The van der Waals surface area contributed by atoms with E-state index >= 15 is 0 Å². The Bertz CT molecular complexity index is 1250. The summed E-state index contributed by atoms with van der Waals surface area (Å²) in [6.45, 7) is 4.71. The number of anilines is 2. The number of hydrogen-bond donors (Lipinski definition) is 2. The summed E-state index contributed by atoms with van der Waals surface area (Å²) in [5.74, 6) is -0.443. The van der Waals surface area contributed by atoms with E-state index in [0.29, 0.717) is 6.54 Å². The third-order valence-electron chi connectivity index (χ3n) is 5.55. The second-order valence-corrected chi connectivity index (χ2v) is 8.10. The van der Waals surface area contributed by atoms with Crippen molar-refractivity contribution in [3.8, 4) is 11.3 Å². The van der Waals surface area contributed by atoms with Crippen molar-refractivity contribution >= 4 is 17.3 Å². The van der Waals surface area contributed by atoms with Crippen molar-refractivity contribution in [1.29, 1.82) is 0 Å². The Hall–Kier alpha value is -3.99. The SMILES string of the molecule is Cc1cc(-c2ccccc2)ncc1CNc1ccc(NC(=O)Cc2ccc(F)cc2)c(C)c1. The molecule has 3 aromatic carbocycles. The number of rotatable bonds is 7. The summed E-state index contributed by atoms with van der Waals surface area (Å²) in [7, 11) is 0. The van der Waals surface area contributed by atoms with Crippen molar-refractivity contribution in [1.82, 2.24) is 4.98 Å². The Balaban J connectivity index is 1.36. The van der Waals surface area contributed by atoms with E-state index in [4.69, 9.17) is 0 Å². The summed E-state index contributed by atoms with van der Waals surface area (Å²) in [4.78, 5) is 17.0. The van der Waals surface area contributed by atoms with Crippen LogP contribution in [0.2, 0.25) is 0 Å². The quantitative estimate of drug-likeness (QED) is 0.355. The highest BCUT2D eigenvalue weighted by Gasteiger charge is 2.08. The molecule has 4 aromatic rings. The van der Waals surface area contributed by atoms with Crippen molar-refractivity contribution < 1.29 is 9.18 Å². The highest BCUT2D eigenvalue weighted by molar-refractivity contribution is 5.93. The molecule has 4 rings (SSSR count). The third kappa shape index (κ3) is 5.83. The van der Waals surface area contributed by atoms with Crippen molar-refractivity contribution in [2.45, 2.75) is 26.8 Å². The smallest absolute Gasteiger partial charge is 0.228 e. The molecule has 1 amide bonds. The molecule has 0 saturated heterocycles. The molecule has 5 heteroatoms. The van der Waals surface area contributed by atoms with Gasteiger partial charge in [0, 0.05) is 29.7 Å². The monoisotopic (exact) mass is 439 g/mol. The molecule has 0 aliphatic heterocycles. The molecule has 0 aliphatic carbocycles. The molecule has 0 spiro atoms. The van der Waals surface area contributed by atoms with E-state index in [-0.39, 0.29) is 18.1 Å². The Morgan fingerprint density at radius 1 is 0.909 bits per heavy atom. The molecular formula is C28H26FN3O. The zero-order chi connectivity index (χ0) is 23.2. The number of carbonyl (C=O) groups excluding carboxylic acids is 1. The molecule has 0 atom stereocenters. The lowest BCUT2D eigenvalue weighted by atomic mass is 10.1. The molecule has 1 heterocycles. The predicted molar refractivity (Wildman–Crippen MR) is 132 cm³/mol. The molecule has 166 valence electrons. The summed E-state index contributed by atoms with van der Waals surface area (Å²) in [6, 6.07) is 24.1. The number of nitrogens with zero attached hydrogens (tertiary/aromatic N) is 1.